The van der Waals surface area contributed by atoms with Crippen LogP contribution >= 0.6 is 0 Å². The van der Waals surface area contributed by atoms with Crippen molar-refractivity contribution in [1.29, 1.82) is 0 Å². The summed E-state index contributed by atoms with van der Waals surface area (Å²) in [5.74, 6) is -1.42. The fourth-order valence-corrected chi connectivity index (χ4v) is 4.06. The molecule has 1 aromatic carbocycles. The van der Waals surface area contributed by atoms with E-state index in [4.69, 9.17) is 0 Å². The van der Waals surface area contributed by atoms with E-state index < -0.39 is 17.6 Å². The maximum absolute atomic E-state index is 14.6. The predicted octanol–water partition coefficient (Wildman–Crippen LogP) is 7.02. The van der Waals surface area contributed by atoms with Gasteiger partial charge in [0.05, 0.1) is 0 Å². The van der Waals surface area contributed by atoms with Crippen LogP contribution in [-0.2, 0) is 0 Å². The van der Waals surface area contributed by atoms with E-state index in [0.29, 0.717) is 5.92 Å². The molecule has 2 aromatic rings. The third-order valence-electron chi connectivity index (χ3n) is 5.63. The summed E-state index contributed by atoms with van der Waals surface area (Å²) in [4.78, 5) is 3.34. The molecule has 3 rings (SSSR count). The quantitative estimate of drug-likeness (QED) is 0.398. The molecule has 0 bridgehead atoms. The minimum Gasteiger partial charge on any atom is -0.225 e. The Hall–Kier alpha value is -1.84. The van der Waals surface area contributed by atoms with Gasteiger partial charge in [-0.05, 0) is 55.2 Å². The predicted molar refractivity (Wildman–Crippen MR) is 98.4 cm³/mol. The van der Waals surface area contributed by atoms with Crippen molar-refractivity contribution < 1.29 is 13.2 Å². The summed E-state index contributed by atoms with van der Waals surface area (Å²) in [5.41, 5.74) is 1.52. The van der Waals surface area contributed by atoms with Crippen LogP contribution in [0.15, 0.2) is 30.5 Å². The van der Waals surface area contributed by atoms with Gasteiger partial charge in [-0.2, -0.15) is 4.39 Å². The number of pyridine rings is 1. The first-order valence-corrected chi connectivity index (χ1v) is 9.69. The van der Waals surface area contributed by atoms with E-state index in [0.717, 1.165) is 36.6 Å². The van der Waals surface area contributed by atoms with Gasteiger partial charge in [-0.25, -0.2) is 13.8 Å². The minimum absolute atomic E-state index is 0.257. The van der Waals surface area contributed by atoms with Crippen molar-refractivity contribution in [2.24, 2.45) is 5.92 Å². The summed E-state index contributed by atoms with van der Waals surface area (Å²) in [6.07, 6.45) is 11.0. The van der Waals surface area contributed by atoms with Gasteiger partial charge in [0.25, 0.3) is 0 Å². The van der Waals surface area contributed by atoms with Crippen LogP contribution < -0.4 is 0 Å². The Morgan fingerprint density at radius 1 is 0.962 bits per heavy atom. The highest BCUT2D eigenvalue weighted by molar-refractivity contribution is 5.63. The molecule has 0 radical (unpaired) electrons. The van der Waals surface area contributed by atoms with E-state index in [1.165, 1.54) is 38.5 Å². The van der Waals surface area contributed by atoms with Crippen molar-refractivity contribution >= 4 is 0 Å². The molecule has 1 aliphatic carbocycles. The van der Waals surface area contributed by atoms with Crippen LogP contribution in [0.3, 0.4) is 0 Å². The molecule has 0 saturated heterocycles. The SMILES string of the molecule is CCCCC[C@H]1CC[C@H](c2ccc(-c3cnc(F)c(F)c3)c(F)c2)CC1. The van der Waals surface area contributed by atoms with Crippen LogP contribution in [0.5, 0.6) is 0 Å². The highest BCUT2D eigenvalue weighted by atomic mass is 19.2. The normalized spacial score (nSPS) is 20.3. The van der Waals surface area contributed by atoms with Crippen molar-refractivity contribution in [1.82, 2.24) is 4.98 Å². The average Bonchev–Trinajstić information content (AvgIpc) is 2.65. The van der Waals surface area contributed by atoms with E-state index in [-0.39, 0.29) is 11.1 Å². The molecule has 0 atom stereocenters. The van der Waals surface area contributed by atoms with Crippen LogP contribution in [0.2, 0.25) is 0 Å². The zero-order chi connectivity index (χ0) is 18.5. The average molecular weight is 361 g/mol. The zero-order valence-electron chi connectivity index (χ0n) is 15.3. The Morgan fingerprint density at radius 2 is 1.73 bits per heavy atom. The van der Waals surface area contributed by atoms with E-state index >= 15 is 0 Å². The van der Waals surface area contributed by atoms with E-state index in [1.54, 1.807) is 12.1 Å². The molecule has 1 nitrogen and oxygen atoms in total. The Labute approximate surface area is 153 Å². The molecule has 1 aromatic heterocycles. The second kappa shape index (κ2) is 8.70. The lowest BCUT2D eigenvalue weighted by molar-refractivity contribution is 0.302. The molecule has 1 fully saturated rings. The number of benzene rings is 1. The molecule has 1 saturated carbocycles. The summed E-state index contributed by atoms with van der Waals surface area (Å²) < 4.78 is 40.9. The molecule has 26 heavy (non-hydrogen) atoms. The minimum atomic E-state index is -1.17. The van der Waals surface area contributed by atoms with Gasteiger partial charge in [0.15, 0.2) is 5.82 Å². The fraction of sp³-hybridized carbons (Fsp3) is 0.500. The number of hydrogen-bond donors (Lipinski definition) is 0. The van der Waals surface area contributed by atoms with Crippen LogP contribution in [0, 0.1) is 23.5 Å². The van der Waals surface area contributed by atoms with Crippen LogP contribution in [0.25, 0.3) is 11.1 Å². The molecule has 0 unspecified atom stereocenters. The second-order valence-electron chi connectivity index (χ2n) is 7.45. The lowest BCUT2D eigenvalue weighted by Crippen LogP contribution is -2.13. The lowest BCUT2D eigenvalue weighted by Gasteiger charge is -2.29. The lowest BCUT2D eigenvalue weighted by atomic mass is 9.77. The number of unbranched alkanes of at least 4 members (excludes halogenated alkanes) is 2. The topological polar surface area (TPSA) is 12.9 Å². The van der Waals surface area contributed by atoms with Crippen molar-refractivity contribution in [3.63, 3.8) is 0 Å². The second-order valence-corrected chi connectivity index (χ2v) is 7.45. The van der Waals surface area contributed by atoms with E-state index in [9.17, 15) is 13.2 Å². The molecule has 0 amide bonds. The van der Waals surface area contributed by atoms with Gasteiger partial charge in [0.1, 0.15) is 5.82 Å². The highest BCUT2D eigenvalue weighted by Crippen LogP contribution is 2.38. The third kappa shape index (κ3) is 4.46. The van der Waals surface area contributed by atoms with Gasteiger partial charge in [-0.1, -0.05) is 44.7 Å². The first kappa shape index (κ1) is 18.9. The molecule has 0 N–H and O–H groups in total. The molecule has 0 aliphatic heterocycles. The van der Waals surface area contributed by atoms with Crippen LogP contribution in [-0.4, -0.2) is 4.98 Å². The summed E-state index contributed by atoms with van der Waals surface area (Å²) >= 11 is 0. The molecule has 1 heterocycles. The summed E-state index contributed by atoms with van der Waals surface area (Å²) in [6, 6.07) is 6.12. The Balaban J connectivity index is 1.66. The zero-order valence-corrected chi connectivity index (χ0v) is 15.3. The fourth-order valence-electron chi connectivity index (χ4n) is 4.06. The van der Waals surface area contributed by atoms with Crippen molar-refractivity contribution in [3.05, 3.63) is 53.6 Å². The maximum atomic E-state index is 14.6. The largest absolute Gasteiger partial charge is 0.248 e. The summed E-state index contributed by atoms with van der Waals surface area (Å²) in [7, 11) is 0. The number of aromatic nitrogens is 1. The van der Waals surface area contributed by atoms with Crippen molar-refractivity contribution in [2.75, 3.05) is 0 Å². The van der Waals surface area contributed by atoms with Gasteiger partial charge in [0, 0.05) is 17.3 Å². The van der Waals surface area contributed by atoms with Crippen molar-refractivity contribution in [2.45, 2.75) is 64.2 Å². The third-order valence-corrected chi connectivity index (χ3v) is 5.63. The number of nitrogens with zero attached hydrogens (tertiary/aromatic N) is 1. The monoisotopic (exact) mass is 361 g/mol. The molecule has 0 spiro atoms. The van der Waals surface area contributed by atoms with Gasteiger partial charge < -0.3 is 0 Å². The van der Waals surface area contributed by atoms with Crippen LogP contribution in [0.1, 0.15) is 69.8 Å². The Bertz CT molecular complexity index is 736. The van der Waals surface area contributed by atoms with Crippen molar-refractivity contribution in [3.8, 4) is 11.1 Å². The number of rotatable bonds is 6. The van der Waals surface area contributed by atoms with E-state index in [1.807, 2.05) is 6.07 Å². The van der Waals surface area contributed by atoms with E-state index in [2.05, 4.69) is 11.9 Å². The Kier molecular flexibility index (Phi) is 6.33. The molecule has 4 heteroatoms. The maximum Gasteiger partial charge on any atom is 0.248 e. The van der Waals surface area contributed by atoms with Gasteiger partial charge in [0.2, 0.25) is 5.95 Å². The van der Waals surface area contributed by atoms with Gasteiger partial charge >= 0.3 is 0 Å². The summed E-state index contributed by atoms with van der Waals surface area (Å²) in [6.45, 7) is 2.23. The standard InChI is InChI=1S/C22H26F3N/c1-2-3-4-5-15-6-8-16(9-7-15)17-10-11-19(20(23)12-17)18-13-21(24)22(25)26-14-18/h10-16H,2-9H2,1H3/t15-,16-. The number of halogens is 3. The summed E-state index contributed by atoms with van der Waals surface area (Å²) in [5, 5.41) is 0. The highest BCUT2D eigenvalue weighted by Gasteiger charge is 2.23. The molecular weight excluding hydrogens is 335 g/mol. The number of hydrogen-bond acceptors (Lipinski definition) is 1. The Morgan fingerprint density at radius 3 is 2.38 bits per heavy atom. The van der Waals surface area contributed by atoms with Gasteiger partial charge in [-0.3, -0.25) is 0 Å². The molecule has 140 valence electrons. The molecule has 1 aliphatic rings. The van der Waals surface area contributed by atoms with Crippen LogP contribution in [0.4, 0.5) is 13.2 Å². The van der Waals surface area contributed by atoms with Gasteiger partial charge in [-0.15, -0.1) is 0 Å². The smallest absolute Gasteiger partial charge is 0.225 e. The first-order chi connectivity index (χ1) is 12.6. The molecular formula is C22H26F3N. The first-order valence-electron chi connectivity index (χ1n) is 9.69.